The molecule has 1 fully saturated rings. The first-order chi connectivity index (χ1) is 9.33. The molecule has 1 unspecified atom stereocenters. The van der Waals surface area contributed by atoms with Gasteiger partial charge in [-0.15, -0.1) is 24.8 Å². The van der Waals surface area contributed by atoms with Crippen LogP contribution in [0.2, 0.25) is 0 Å². The Morgan fingerprint density at radius 2 is 2.05 bits per heavy atom. The van der Waals surface area contributed by atoms with Crippen LogP contribution in [0.3, 0.4) is 0 Å². The summed E-state index contributed by atoms with van der Waals surface area (Å²) in [5.41, 5.74) is 1.08. The Labute approximate surface area is 137 Å². The number of piperazine rings is 1. The molecule has 1 atom stereocenters. The summed E-state index contributed by atoms with van der Waals surface area (Å²) < 4.78 is 5.85. The Morgan fingerprint density at radius 1 is 1.29 bits per heavy atom. The molecule has 1 saturated heterocycles. The van der Waals surface area contributed by atoms with Crippen molar-refractivity contribution >= 4 is 24.8 Å². The zero-order valence-corrected chi connectivity index (χ0v) is 13.6. The monoisotopic (exact) mass is 329 g/mol. The molecule has 0 amide bonds. The predicted octanol–water partition coefficient (Wildman–Crippen LogP) is 2.98. The molecule has 2 heterocycles. The molecule has 6 heteroatoms. The largest absolute Gasteiger partial charge is 0.439 e. The van der Waals surface area contributed by atoms with Crippen LogP contribution in [0.25, 0.3) is 11.3 Å². The van der Waals surface area contributed by atoms with E-state index in [9.17, 15) is 0 Å². The number of benzene rings is 1. The van der Waals surface area contributed by atoms with Crippen LogP contribution in [0, 0.1) is 0 Å². The van der Waals surface area contributed by atoms with Crippen LogP contribution in [0.15, 0.2) is 40.9 Å². The molecule has 4 nitrogen and oxygen atoms in total. The van der Waals surface area contributed by atoms with Crippen LogP contribution < -0.4 is 5.32 Å². The zero-order chi connectivity index (χ0) is 13.1. The third-order valence-corrected chi connectivity index (χ3v) is 3.59. The molecule has 0 saturated carbocycles. The summed E-state index contributed by atoms with van der Waals surface area (Å²) in [6.45, 7) is 6.13. The van der Waals surface area contributed by atoms with Crippen molar-refractivity contribution in [3.63, 3.8) is 0 Å². The average molecular weight is 330 g/mol. The Morgan fingerprint density at radius 3 is 2.76 bits per heavy atom. The van der Waals surface area contributed by atoms with Gasteiger partial charge < -0.3 is 9.73 Å². The second-order valence-corrected chi connectivity index (χ2v) is 5.01. The van der Waals surface area contributed by atoms with Gasteiger partial charge in [-0.2, -0.15) is 0 Å². The van der Waals surface area contributed by atoms with Gasteiger partial charge in [0.25, 0.3) is 0 Å². The van der Waals surface area contributed by atoms with E-state index in [1.54, 1.807) is 0 Å². The predicted molar refractivity (Wildman–Crippen MR) is 89.2 cm³/mol. The van der Waals surface area contributed by atoms with Gasteiger partial charge in [-0.1, -0.05) is 30.3 Å². The van der Waals surface area contributed by atoms with E-state index in [1.165, 1.54) is 0 Å². The van der Waals surface area contributed by atoms with Crippen LogP contribution in [-0.2, 0) is 6.54 Å². The molecule has 1 aliphatic heterocycles. The Hall–Kier alpha value is -1.07. The molecule has 0 bridgehead atoms. The number of hydrogen-bond donors (Lipinski definition) is 1. The van der Waals surface area contributed by atoms with Crippen LogP contribution in [-0.4, -0.2) is 35.6 Å². The van der Waals surface area contributed by atoms with E-state index >= 15 is 0 Å². The standard InChI is InChI=1S/C15H19N3O.2ClH/c1-12-9-16-7-8-18(12)11-15-17-10-14(19-15)13-5-3-2-4-6-13;;/h2-6,10,12,16H,7-9,11H2,1H3;2*1H. The first-order valence-corrected chi connectivity index (χ1v) is 6.78. The van der Waals surface area contributed by atoms with Crippen molar-refractivity contribution in [3.8, 4) is 11.3 Å². The number of nitrogens with one attached hydrogen (secondary N) is 1. The summed E-state index contributed by atoms with van der Waals surface area (Å²) in [4.78, 5) is 6.79. The van der Waals surface area contributed by atoms with E-state index in [2.05, 4.69) is 22.1 Å². The lowest BCUT2D eigenvalue weighted by Gasteiger charge is -2.32. The Kier molecular flexibility index (Phi) is 7.18. The molecule has 0 spiro atoms. The van der Waals surface area contributed by atoms with Crippen LogP contribution >= 0.6 is 24.8 Å². The number of aromatic nitrogens is 1. The highest BCUT2D eigenvalue weighted by Gasteiger charge is 2.19. The van der Waals surface area contributed by atoms with E-state index in [0.29, 0.717) is 6.04 Å². The highest BCUT2D eigenvalue weighted by atomic mass is 35.5. The maximum atomic E-state index is 5.85. The minimum Gasteiger partial charge on any atom is -0.439 e. The molecule has 1 N–H and O–H groups in total. The summed E-state index contributed by atoms with van der Waals surface area (Å²) in [6.07, 6.45) is 1.82. The fourth-order valence-electron chi connectivity index (χ4n) is 2.41. The molecule has 1 aromatic heterocycles. The fraction of sp³-hybridized carbons (Fsp3) is 0.400. The average Bonchev–Trinajstić information content (AvgIpc) is 2.91. The second-order valence-electron chi connectivity index (χ2n) is 5.01. The SMILES string of the molecule is CC1CNCCN1Cc1ncc(-c2ccccc2)o1.Cl.Cl. The molecule has 2 aromatic rings. The van der Waals surface area contributed by atoms with Crippen LogP contribution in [0.4, 0.5) is 0 Å². The maximum absolute atomic E-state index is 5.85. The fourth-order valence-corrected chi connectivity index (χ4v) is 2.41. The lowest BCUT2D eigenvalue weighted by atomic mass is 10.2. The van der Waals surface area contributed by atoms with Gasteiger partial charge in [0.15, 0.2) is 5.76 Å². The normalized spacial score (nSPS) is 18.6. The molecule has 3 rings (SSSR count). The molecule has 1 aromatic carbocycles. The van der Waals surface area contributed by atoms with E-state index in [-0.39, 0.29) is 24.8 Å². The molecular weight excluding hydrogens is 309 g/mol. The molecular formula is C15H21Cl2N3O. The molecule has 0 radical (unpaired) electrons. The van der Waals surface area contributed by atoms with Crippen molar-refractivity contribution in [1.29, 1.82) is 0 Å². The first kappa shape index (κ1) is 18.0. The number of rotatable bonds is 3. The summed E-state index contributed by atoms with van der Waals surface area (Å²) in [7, 11) is 0. The Balaban J connectivity index is 0.00000110. The molecule has 1 aliphatic rings. The van der Waals surface area contributed by atoms with Gasteiger partial charge in [-0.3, -0.25) is 4.90 Å². The first-order valence-electron chi connectivity index (χ1n) is 6.78. The quantitative estimate of drug-likeness (QED) is 0.939. The smallest absolute Gasteiger partial charge is 0.209 e. The highest BCUT2D eigenvalue weighted by molar-refractivity contribution is 5.85. The summed E-state index contributed by atoms with van der Waals surface area (Å²) >= 11 is 0. The minimum atomic E-state index is 0. The number of hydrogen-bond acceptors (Lipinski definition) is 4. The summed E-state index contributed by atoms with van der Waals surface area (Å²) in [6, 6.07) is 10.6. The minimum absolute atomic E-state index is 0. The van der Waals surface area contributed by atoms with Gasteiger partial charge in [0, 0.05) is 31.2 Å². The lowest BCUT2D eigenvalue weighted by Crippen LogP contribution is -2.49. The number of halogens is 2. The third-order valence-electron chi connectivity index (χ3n) is 3.59. The highest BCUT2D eigenvalue weighted by Crippen LogP contribution is 2.20. The van der Waals surface area contributed by atoms with Crippen molar-refractivity contribution in [1.82, 2.24) is 15.2 Å². The van der Waals surface area contributed by atoms with Gasteiger partial charge in [0.05, 0.1) is 12.7 Å². The van der Waals surface area contributed by atoms with Crippen molar-refractivity contribution in [2.24, 2.45) is 0 Å². The second kappa shape index (κ2) is 8.39. The van der Waals surface area contributed by atoms with Gasteiger partial charge in [0.2, 0.25) is 5.89 Å². The molecule has 21 heavy (non-hydrogen) atoms. The van der Waals surface area contributed by atoms with Gasteiger partial charge >= 0.3 is 0 Å². The molecule has 0 aliphatic carbocycles. The van der Waals surface area contributed by atoms with Crippen molar-refractivity contribution < 1.29 is 4.42 Å². The topological polar surface area (TPSA) is 41.3 Å². The van der Waals surface area contributed by atoms with Gasteiger partial charge in [-0.25, -0.2) is 4.98 Å². The third kappa shape index (κ3) is 4.45. The van der Waals surface area contributed by atoms with E-state index < -0.39 is 0 Å². The van der Waals surface area contributed by atoms with Crippen molar-refractivity contribution in [2.75, 3.05) is 19.6 Å². The zero-order valence-electron chi connectivity index (χ0n) is 12.0. The Bertz CT molecular complexity index is 533. The van der Waals surface area contributed by atoms with Crippen LogP contribution in [0.5, 0.6) is 0 Å². The molecule has 116 valence electrons. The van der Waals surface area contributed by atoms with Gasteiger partial charge in [0.1, 0.15) is 0 Å². The maximum Gasteiger partial charge on any atom is 0.209 e. The number of oxazole rings is 1. The van der Waals surface area contributed by atoms with Crippen LogP contribution in [0.1, 0.15) is 12.8 Å². The summed E-state index contributed by atoms with van der Waals surface area (Å²) in [5.74, 6) is 1.64. The van der Waals surface area contributed by atoms with E-state index in [4.69, 9.17) is 4.42 Å². The van der Waals surface area contributed by atoms with E-state index in [1.807, 2.05) is 36.5 Å². The van der Waals surface area contributed by atoms with Crippen molar-refractivity contribution in [2.45, 2.75) is 19.5 Å². The van der Waals surface area contributed by atoms with E-state index in [0.717, 1.165) is 43.4 Å². The number of nitrogens with zero attached hydrogens (tertiary/aromatic N) is 2. The van der Waals surface area contributed by atoms with Gasteiger partial charge in [-0.05, 0) is 6.92 Å². The van der Waals surface area contributed by atoms with Crippen molar-refractivity contribution in [3.05, 3.63) is 42.4 Å². The summed E-state index contributed by atoms with van der Waals surface area (Å²) in [5, 5.41) is 3.39. The lowest BCUT2D eigenvalue weighted by molar-refractivity contribution is 0.151.